The Bertz CT molecular complexity index is 904. The van der Waals surface area contributed by atoms with E-state index in [1.54, 1.807) is 37.3 Å². The molecule has 2 aliphatic heterocycles. The van der Waals surface area contributed by atoms with Crippen LogP contribution in [0, 0.1) is 0 Å². The molecule has 180 valence electrons. The summed E-state index contributed by atoms with van der Waals surface area (Å²) in [5, 5.41) is 16.6. The molecule has 3 heterocycles. The first-order valence-electron chi connectivity index (χ1n) is 11.4. The number of nitrogens with one attached hydrogen (secondary N) is 2. The molecular formula is C23H34N6O3S. The minimum Gasteiger partial charge on any atom is -0.390 e. The molecule has 0 unspecified atom stereocenters. The van der Waals surface area contributed by atoms with Gasteiger partial charge in [0.15, 0.2) is 0 Å². The third-order valence-corrected chi connectivity index (χ3v) is 6.98. The number of hydrogen-bond acceptors (Lipinski definition) is 8. The minimum atomic E-state index is -0.669. The fourth-order valence-electron chi connectivity index (χ4n) is 4.12. The third-order valence-electron chi connectivity index (χ3n) is 6.05. The summed E-state index contributed by atoms with van der Waals surface area (Å²) in [6, 6.07) is 0.170. The molecule has 1 aromatic heterocycles. The van der Waals surface area contributed by atoms with E-state index >= 15 is 0 Å². The van der Waals surface area contributed by atoms with Crippen LogP contribution in [0.3, 0.4) is 0 Å². The lowest BCUT2D eigenvalue weighted by atomic mass is 10.0. The Kier molecular flexibility index (Phi) is 9.16. The van der Waals surface area contributed by atoms with Crippen molar-refractivity contribution in [1.29, 1.82) is 0 Å². The number of fused-ring (bicyclic) bond motifs is 1. The average Bonchev–Trinajstić information content (AvgIpc) is 3.28. The molecule has 0 aliphatic carbocycles. The van der Waals surface area contributed by atoms with Crippen LogP contribution in [-0.2, 0) is 22.6 Å². The van der Waals surface area contributed by atoms with Crippen molar-refractivity contribution in [2.45, 2.75) is 51.8 Å². The molecule has 1 aromatic rings. The maximum absolute atomic E-state index is 12.7. The zero-order valence-corrected chi connectivity index (χ0v) is 20.2. The van der Waals surface area contributed by atoms with Gasteiger partial charge in [0.1, 0.15) is 5.82 Å². The van der Waals surface area contributed by atoms with E-state index in [4.69, 9.17) is 0 Å². The van der Waals surface area contributed by atoms with Crippen molar-refractivity contribution in [2.24, 2.45) is 4.99 Å². The summed E-state index contributed by atoms with van der Waals surface area (Å²) in [7, 11) is 0. The highest BCUT2D eigenvalue weighted by molar-refractivity contribution is 7.09. The molecule has 9 nitrogen and oxygen atoms in total. The number of aromatic nitrogens is 1. The van der Waals surface area contributed by atoms with E-state index in [1.807, 2.05) is 10.4 Å². The second kappa shape index (κ2) is 12.1. The van der Waals surface area contributed by atoms with E-state index in [2.05, 4.69) is 32.2 Å². The lowest BCUT2D eigenvalue weighted by Crippen LogP contribution is -2.44. The zero-order valence-electron chi connectivity index (χ0n) is 19.4. The number of nitrogens with zero attached hydrogens (tertiary/aromatic N) is 4. The Labute approximate surface area is 199 Å². The predicted octanol–water partition coefficient (Wildman–Crippen LogP) is 1.07. The number of piperidine rings is 1. The van der Waals surface area contributed by atoms with E-state index < -0.39 is 6.10 Å². The first-order valence-corrected chi connectivity index (χ1v) is 12.2. The van der Waals surface area contributed by atoms with Crippen LogP contribution in [0.4, 0.5) is 0 Å². The zero-order chi connectivity index (χ0) is 23.8. The van der Waals surface area contributed by atoms with E-state index in [9.17, 15) is 14.7 Å². The summed E-state index contributed by atoms with van der Waals surface area (Å²) in [4.78, 5) is 37.9. The molecule has 0 spiro atoms. The molecule has 0 radical (unpaired) electrons. The Hall–Kier alpha value is -2.56. The quantitative estimate of drug-likeness (QED) is 0.281. The summed E-state index contributed by atoms with van der Waals surface area (Å²) < 4.78 is 0. The molecule has 0 bridgehead atoms. The van der Waals surface area contributed by atoms with Crippen molar-refractivity contribution in [3.05, 3.63) is 39.6 Å². The van der Waals surface area contributed by atoms with Crippen LogP contribution in [0.1, 0.15) is 37.3 Å². The molecule has 2 amide bonds. The van der Waals surface area contributed by atoms with Gasteiger partial charge in [-0.15, -0.1) is 11.3 Å². The fraction of sp³-hybridized carbons (Fsp3) is 0.565. The highest BCUT2D eigenvalue weighted by Crippen LogP contribution is 2.21. The molecule has 33 heavy (non-hydrogen) atoms. The molecule has 3 N–H and O–H groups in total. The Morgan fingerprint density at radius 2 is 2.15 bits per heavy atom. The summed E-state index contributed by atoms with van der Waals surface area (Å²) in [6.45, 7) is 10.7. The molecule has 3 rings (SSSR count). The molecule has 0 aromatic carbocycles. The van der Waals surface area contributed by atoms with Gasteiger partial charge in [0, 0.05) is 62.7 Å². The van der Waals surface area contributed by atoms with Gasteiger partial charge in [-0.3, -0.25) is 14.5 Å². The molecule has 1 fully saturated rings. The average molecular weight is 475 g/mol. The van der Waals surface area contributed by atoms with E-state index in [0.29, 0.717) is 31.0 Å². The maximum atomic E-state index is 12.7. The number of hydrogen-bond donors (Lipinski definition) is 3. The molecule has 0 saturated carbocycles. The van der Waals surface area contributed by atoms with Gasteiger partial charge in [-0.05, 0) is 39.0 Å². The van der Waals surface area contributed by atoms with Crippen molar-refractivity contribution >= 4 is 29.9 Å². The number of aliphatic imine (C=N–C) groups is 1. The Morgan fingerprint density at radius 1 is 1.39 bits per heavy atom. The standard InChI is InChI=1S/C23H34N6O3S/c1-4-17(11-22(24-3)27-18-5-9-29(10-6-18)16(2)30)23(32)25-12-19(31)13-28-8-7-21-20(14-28)26-15-33-21/h4,11,15,18-19,27,31H,3,5-10,12-14H2,1-2H3,(H,25,32)/b17-4+,22-11+/t19-/m0/s1. The van der Waals surface area contributed by atoms with Crippen molar-refractivity contribution in [3.63, 3.8) is 0 Å². The number of rotatable bonds is 9. The predicted molar refractivity (Wildman–Crippen MR) is 130 cm³/mol. The van der Waals surface area contributed by atoms with Crippen LogP contribution in [-0.4, -0.2) is 83.3 Å². The highest BCUT2D eigenvalue weighted by atomic mass is 32.1. The van der Waals surface area contributed by atoms with E-state index in [1.165, 1.54) is 4.88 Å². The molecule has 10 heteroatoms. The number of carbonyl (C=O) groups excluding carboxylic acids is 2. The molecule has 2 aliphatic rings. The number of thiazole rings is 1. The summed E-state index contributed by atoms with van der Waals surface area (Å²) in [5.41, 5.74) is 3.41. The third kappa shape index (κ3) is 7.21. The monoisotopic (exact) mass is 474 g/mol. The first-order chi connectivity index (χ1) is 15.9. The molecular weight excluding hydrogens is 440 g/mol. The van der Waals surface area contributed by atoms with E-state index in [0.717, 1.165) is 38.0 Å². The minimum absolute atomic E-state index is 0.0919. The van der Waals surface area contributed by atoms with Gasteiger partial charge in [0.05, 0.1) is 17.3 Å². The number of β-amino-alcohol motifs (C(OH)–C–C–N with tert-alkyl or cyclic N) is 1. The Morgan fingerprint density at radius 3 is 2.82 bits per heavy atom. The topological polar surface area (TPSA) is 110 Å². The Balaban J connectivity index is 1.46. The van der Waals surface area contributed by atoms with Crippen molar-refractivity contribution in [1.82, 2.24) is 25.4 Å². The van der Waals surface area contributed by atoms with Gasteiger partial charge in [0.2, 0.25) is 5.91 Å². The smallest absolute Gasteiger partial charge is 0.251 e. The highest BCUT2D eigenvalue weighted by Gasteiger charge is 2.22. The van der Waals surface area contributed by atoms with Crippen LogP contribution in [0.25, 0.3) is 0 Å². The second-order valence-electron chi connectivity index (χ2n) is 8.43. The van der Waals surface area contributed by atoms with Gasteiger partial charge in [0.25, 0.3) is 5.91 Å². The van der Waals surface area contributed by atoms with Crippen molar-refractivity contribution in [3.8, 4) is 0 Å². The van der Waals surface area contributed by atoms with Crippen LogP contribution >= 0.6 is 11.3 Å². The number of aliphatic hydroxyl groups is 1. The number of amides is 2. The van der Waals surface area contributed by atoms with Crippen LogP contribution < -0.4 is 10.6 Å². The second-order valence-corrected chi connectivity index (χ2v) is 9.37. The summed E-state index contributed by atoms with van der Waals surface area (Å²) in [5.74, 6) is 0.341. The summed E-state index contributed by atoms with van der Waals surface area (Å²) in [6.07, 6.45) is 5.29. The fourth-order valence-corrected chi connectivity index (χ4v) is 4.89. The first kappa shape index (κ1) is 25.1. The van der Waals surface area contributed by atoms with Crippen molar-refractivity contribution in [2.75, 3.05) is 32.7 Å². The van der Waals surface area contributed by atoms with Gasteiger partial charge < -0.3 is 20.6 Å². The number of carbonyl (C=O) groups is 2. The number of aliphatic hydroxyl groups excluding tert-OH is 1. The SMILES string of the molecule is C=N/C(=C\C(=C/C)C(=O)NC[C@H](O)CN1CCc2scnc2C1)NC1CCN(C(C)=O)CC1. The van der Waals surface area contributed by atoms with Crippen LogP contribution in [0.15, 0.2) is 34.0 Å². The lowest BCUT2D eigenvalue weighted by Gasteiger charge is -2.32. The largest absolute Gasteiger partial charge is 0.390 e. The van der Waals surface area contributed by atoms with Gasteiger partial charge >= 0.3 is 0 Å². The van der Waals surface area contributed by atoms with E-state index in [-0.39, 0.29) is 24.4 Å². The normalized spacial score (nSPS) is 19.1. The number of allylic oxidation sites excluding steroid dienone is 1. The van der Waals surface area contributed by atoms with Gasteiger partial charge in [-0.2, -0.15) is 0 Å². The molecule has 1 saturated heterocycles. The number of likely N-dealkylation sites (tertiary alicyclic amines) is 1. The van der Waals surface area contributed by atoms with Gasteiger partial charge in [-0.1, -0.05) is 6.08 Å². The summed E-state index contributed by atoms with van der Waals surface area (Å²) >= 11 is 1.68. The van der Waals surface area contributed by atoms with Crippen LogP contribution in [0.2, 0.25) is 0 Å². The van der Waals surface area contributed by atoms with Crippen LogP contribution in [0.5, 0.6) is 0 Å². The molecule has 1 atom stereocenters. The lowest BCUT2D eigenvalue weighted by molar-refractivity contribution is -0.129. The maximum Gasteiger partial charge on any atom is 0.251 e. The van der Waals surface area contributed by atoms with Gasteiger partial charge in [-0.25, -0.2) is 9.98 Å². The van der Waals surface area contributed by atoms with Crippen molar-refractivity contribution < 1.29 is 14.7 Å².